The highest BCUT2D eigenvalue weighted by Gasteiger charge is 2.36. The number of halogens is 4. The van der Waals surface area contributed by atoms with E-state index in [-0.39, 0.29) is 23.9 Å². The fourth-order valence-corrected chi connectivity index (χ4v) is 3.99. The molecule has 0 N–H and O–H groups in total. The van der Waals surface area contributed by atoms with Crippen molar-refractivity contribution in [2.45, 2.75) is 44.7 Å². The lowest BCUT2D eigenvalue weighted by Crippen LogP contribution is -2.40. The predicted molar refractivity (Wildman–Crippen MR) is 106 cm³/mol. The number of rotatable bonds is 4. The van der Waals surface area contributed by atoms with Crippen LogP contribution in [0.5, 0.6) is 0 Å². The summed E-state index contributed by atoms with van der Waals surface area (Å²) in [6.07, 6.45) is -2.83. The summed E-state index contributed by atoms with van der Waals surface area (Å²) >= 11 is 0. The average molecular weight is 434 g/mol. The molecule has 164 valence electrons. The average Bonchev–Trinajstić information content (AvgIpc) is 3.18. The van der Waals surface area contributed by atoms with Crippen molar-refractivity contribution in [2.75, 3.05) is 13.1 Å². The van der Waals surface area contributed by atoms with Gasteiger partial charge >= 0.3 is 6.18 Å². The molecule has 1 saturated heterocycles. The molecule has 1 aliphatic heterocycles. The van der Waals surface area contributed by atoms with Gasteiger partial charge in [0, 0.05) is 30.8 Å². The first kappa shape index (κ1) is 21.3. The number of aromatic nitrogens is 3. The van der Waals surface area contributed by atoms with Crippen LogP contribution in [0.4, 0.5) is 17.6 Å². The minimum absolute atomic E-state index is 0.0514. The van der Waals surface area contributed by atoms with Gasteiger partial charge in [-0.3, -0.25) is 4.79 Å². The smallest absolute Gasteiger partial charge is 0.342 e. The van der Waals surface area contributed by atoms with Gasteiger partial charge in [0.2, 0.25) is 5.91 Å². The molecule has 1 atom stereocenters. The molecular weight excluding hydrogens is 412 g/mol. The zero-order valence-corrected chi connectivity index (χ0v) is 17.0. The maximum absolute atomic E-state index is 13.9. The van der Waals surface area contributed by atoms with Gasteiger partial charge in [-0.25, -0.2) is 13.9 Å². The molecule has 3 aromatic rings. The third kappa shape index (κ3) is 4.40. The fourth-order valence-electron chi connectivity index (χ4n) is 3.99. The van der Waals surface area contributed by atoms with Crippen LogP contribution >= 0.6 is 0 Å². The Bertz CT molecular complexity index is 1110. The number of carbonyl (C=O) groups excluding carboxylic acids is 1. The van der Waals surface area contributed by atoms with Crippen molar-refractivity contribution < 1.29 is 22.4 Å². The molecule has 2 aromatic heterocycles. The normalized spacial score (nSPS) is 17.3. The molecule has 1 amide bonds. The van der Waals surface area contributed by atoms with Crippen molar-refractivity contribution in [1.29, 1.82) is 0 Å². The van der Waals surface area contributed by atoms with E-state index < -0.39 is 17.7 Å². The standard InChI is InChI=1S/C22H22F4N4O/c1-2-16-11-19(22(24,25)26)30-20(27-16)12-18(28-30)15-7-5-9-29(13-15)21(31)10-14-6-3-4-8-17(14)23/h3-4,6,8,11-12,15H,2,5,7,9-10,13H2,1H3/t15-/m1/s1. The summed E-state index contributed by atoms with van der Waals surface area (Å²) < 4.78 is 55.3. The summed E-state index contributed by atoms with van der Waals surface area (Å²) in [5, 5.41) is 4.21. The van der Waals surface area contributed by atoms with E-state index in [4.69, 9.17) is 0 Å². The van der Waals surface area contributed by atoms with Gasteiger partial charge < -0.3 is 4.90 Å². The lowest BCUT2D eigenvalue weighted by Gasteiger charge is -2.32. The quantitative estimate of drug-likeness (QED) is 0.572. The van der Waals surface area contributed by atoms with Crippen LogP contribution in [0.3, 0.4) is 0 Å². The minimum Gasteiger partial charge on any atom is -0.342 e. The van der Waals surface area contributed by atoms with Crippen LogP contribution in [-0.4, -0.2) is 38.5 Å². The Morgan fingerprint density at radius 2 is 2.00 bits per heavy atom. The lowest BCUT2D eigenvalue weighted by molar-refractivity contribution is -0.142. The molecule has 0 radical (unpaired) electrons. The molecule has 5 nitrogen and oxygen atoms in total. The van der Waals surface area contributed by atoms with Crippen molar-refractivity contribution >= 4 is 11.6 Å². The van der Waals surface area contributed by atoms with Crippen molar-refractivity contribution in [3.8, 4) is 0 Å². The van der Waals surface area contributed by atoms with Crippen LogP contribution < -0.4 is 0 Å². The number of carbonyl (C=O) groups is 1. The highest BCUT2D eigenvalue weighted by atomic mass is 19.4. The highest BCUT2D eigenvalue weighted by molar-refractivity contribution is 5.79. The minimum atomic E-state index is -4.55. The summed E-state index contributed by atoms with van der Waals surface area (Å²) in [6.45, 7) is 2.61. The number of alkyl halides is 3. The Kier molecular flexibility index (Phi) is 5.68. The molecule has 4 rings (SSSR count). The monoisotopic (exact) mass is 434 g/mol. The first-order valence-electron chi connectivity index (χ1n) is 10.2. The van der Waals surface area contributed by atoms with Crippen LogP contribution in [0.2, 0.25) is 0 Å². The Morgan fingerprint density at radius 1 is 1.23 bits per heavy atom. The van der Waals surface area contributed by atoms with E-state index in [2.05, 4.69) is 10.1 Å². The van der Waals surface area contributed by atoms with Crippen LogP contribution in [0.1, 0.15) is 48.3 Å². The maximum Gasteiger partial charge on any atom is 0.433 e. The second-order valence-electron chi connectivity index (χ2n) is 7.77. The molecule has 0 aliphatic carbocycles. The summed E-state index contributed by atoms with van der Waals surface area (Å²) in [5.41, 5.74) is 0.445. The SMILES string of the molecule is CCc1cc(C(F)(F)F)n2nc([C@@H]3CCCN(C(=O)Cc4ccccc4F)C3)cc2n1. The molecule has 0 unspecified atom stereocenters. The van der Waals surface area contributed by atoms with E-state index in [0.29, 0.717) is 49.3 Å². The number of hydrogen-bond donors (Lipinski definition) is 0. The van der Waals surface area contributed by atoms with Crippen LogP contribution in [-0.2, 0) is 23.8 Å². The molecule has 9 heteroatoms. The van der Waals surface area contributed by atoms with E-state index in [0.717, 1.165) is 10.6 Å². The Morgan fingerprint density at radius 3 is 2.71 bits per heavy atom. The summed E-state index contributed by atoms with van der Waals surface area (Å²) in [7, 11) is 0. The second kappa shape index (κ2) is 8.28. The summed E-state index contributed by atoms with van der Waals surface area (Å²) in [5.74, 6) is -0.839. The van der Waals surface area contributed by atoms with E-state index in [1.165, 1.54) is 6.07 Å². The number of amides is 1. The number of piperidine rings is 1. The van der Waals surface area contributed by atoms with Crippen molar-refractivity contribution in [2.24, 2.45) is 0 Å². The number of likely N-dealkylation sites (tertiary alicyclic amines) is 1. The van der Waals surface area contributed by atoms with Gasteiger partial charge in [0.1, 0.15) is 11.5 Å². The van der Waals surface area contributed by atoms with Crippen LogP contribution in [0, 0.1) is 5.82 Å². The van der Waals surface area contributed by atoms with Gasteiger partial charge in [-0.15, -0.1) is 0 Å². The van der Waals surface area contributed by atoms with E-state index >= 15 is 0 Å². The lowest BCUT2D eigenvalue weighted by atomic mass is 9.94. The van der Waals surface area contributed by atoms with Gasteiger partial charge in [0.15, 0.2) is 5.65 Å². The van der Waals surface area contributed by atoms with Crippen LogP contribution in [0.15, 0.2) is 36.4 Å². The number of nitrogens with zero attached hydrogens (tertiary/aromatic N) is 4. The van der Waals surface area contributed by atoms with Gasteiger partial charge in [0.05, 0.1) is 12.1 Å². The maximum atomic E-state index is 13.9. The predicted octanol–water partition coefficient (Wildman–Crippen LogP) is 4.40. The zero-order valence-electron chi connectivity index (χ0n) is 17.0. The first-order valence-corrected chi connectivity index (χ1v) is 10.2. The molecule has 1 aromatic carbocycles. The van der Waals surface area contributed by atoms with Crippen LogP contribution in [0.25, 0.3) is 5.65 Å². The number of aryl methyl sites for hydroxylation is 1. The molecule has 0 saturated carbocycles. The van der Waals surface area contributed by atoms with Gasteiger partial charge in [0.25, 0.3) is 0 Å². The zero-order chi connectivity index (χ0) is 22.2. The number of benzene rings is 1. The Labute approximate surface area is 176 Å². The molecular formula is C22H22F4N4O. The third-order valence-electron chi connectivity index (χ3n) is 5.64. The van der Waals surface area contributed by atoms with E-state index in [1.54, 1.807) is 36.1 Å². The molecule has 31 heavy (non-hydrogen) atoms. The molecule has 1 aliphatic rings. The highest BCUT2D eigenvalue weighted by Crippen LogP contribution is 2.32. The third-order valence-corrected chi connectivity index (χ3v) is 5.64. The van der Waals surface area contributed by atoms with Gasteiger partial charge in [-0.1, -0.05) is 25.1 Å². The van der Waals surface area contributed by atoms with Crippen molar-refractivity contribution in [1.82, 2.24) is 19.5 Å². The number of fused-ring (bicyclic) bond motifs is 1. The van der Waals surface area contributed by atoms with E-state index in [1.807, 2.05) is 0 Å². The molecule has 3 heterocycles. The topological polar surface area (TPSA) is 50.5 Å². The summed E-state index contributed by atoms with van der Waals surface area (Å²) in [6, 6.07) is 8.73. The Balaban J connectivity index is 1.58. The van der Waals surface area contributed by atoms with Crippen molar-refractivity contribution in [3.05, 3.63) is 64.9 Å². The summed E-state index contributed by atoms with van der Waals surface area (Å²) in [4.78, 5) is 18.6. The number of hydrogen-bond acceptors (Lipinski definition) is 3. The second-order valence-corrected chi connectivity index (χ2v) is 7.77. The molecule has 1 fully saturated rings. The van der Waals surface area contributed by atoms with E-state index in [9.17, 15) is 22.4 Å². The van der Waals surface area contributed by atoms with Crippen molar-refractivity contribution in [3.63, 3.8) is 0 Å². The van der Waals surface area contributed by atoms with Gasteiger partial charge in [-0.2, -0.15) is 18.3 Å². The largest absolute Gasteiger partial charge is 0.433 e. The molecule has 0 bridgehead atoms. The first-order chi connectivity index (χ1) is 14.8. The molecule has 0 spiro atoms. The fraction of sp³-hybridized carbons (Fsp3) is 0.409. The Hall–Kier alpha value is -2.97. The van der Waals surface area contributed by atoms with Gasteiger partial charge in [-0.05, 0) is 37.0 Å².